The Balaban J connectivity index is 1.70. The quantitative estimate of drug-likeness (QED) is 0.583. The fourth-order valence-corrected chi connectivity index (χ4v) is 3.40. The summed E-state index contributed by atoms with van der Waals surface area (Å²) >= 11 is 0. The van der Waals surface area contributed by atoms with Gasteiger partial charge >= 0.3 is 11.7 Å². The third-order valence-electron chi connectivity index (χ3n) is 4.77. The zero-order valence-corrected chi connectivity index (χ0v) is 15.1. The molecule has 0 N–H and O–H groups in total. The number of ether oxygens (including phenoxy) is 2. The van der Waals surface area contributed by atoms with E-state index in [9.17, 15) is 14.4 Å². The molecule has 1 unspecified atom stereocenters. The van der Waals surface area contributed by atoms with Crippen LogP contribution in [-0.2, 0) is 28.7 Å². The van der Waals surface area contributed by atoms with Gasteiger partial charge in [-0.25, -0.2) is 4.79 Å². The lowest BCUT2D eigenvalue weighted by molar-refractivity contribution is -0.257. The van der Waals surface area contributed by atoms with E-state index in [1.165, 1.54) is 0 Å². The maximum absolute atomic E-state index is 13.2. The largest absolute Gasteiger partial charge is 0.449 e. The summed E-state index contributed by atoms with van der Waals surface area (Å²) in [5, 5.41) is 0.748. The molecule has 0 aromatic heterocycles. The van der Waals surface area contributed by atoms with Crippen molar-refractivity contribution in [3.63, 3.8) is 0 Å². The van der Waals surface area contributed by atoms with Crippen LogP contribution in [0.5, 0.6) is 0 Å². The molecule has 2 aliphatic rings. The van der Waals surface area contributed by atoms with Crippen LogP contribution in [-0.4, -0.2) is 41.7 Å². The predicted octanol–water partition coefficient (Wildman–Crippen LogP) is 2.17. The molecule has 2 heterocycles. The van der Waals surface area contributed by atoms with Crippen LogP contribution < -0.4 is 0 Å². The first kappa shape index (κ1) is 18.3. The minimum Gasteiger partial charge on any atom is -0.449 e. The van der Waals surface area contributed by atoms with Gasteiger partial charge in [0.25, 0.3) is 5.91 Å². The fourth-order valence-electron chi connectivity index (χ4n) is 3.40. The van der Waals surface area contributed by atoms with Gasteiger partial charge in [-0.3, -0.25) is 14.4 Å². The molecule has 1 amide bonds. The lowest BCUT2D eigenvalue weighted by Gasteiger charge is -2.33. The molecule has 2 aromatic rings. The van der Waals surface area contributed by atoms with Crippen molar-refractivity contribution in [3.05, 3.63) is 71.8 Å². The summed E-state index contributed by atoms with van der Waals surface area (Å²) in [5.74, 6) is -1.99. The van der Waals surface area contributed by atoms with E-state index in [-0.39, 0.29) is 26.1 Å². The highest BCUT2D eigenvalue weighted by molar-refractivity contribution is 6.10. The van der Waals surface area contributed by atoms with E-state index in [0.29, 0.717) is 0 Å². The van der Waals surface area contributed by atoms with Gasteiger partial charge in [-0.1, -0.05) is 60.7 Å². The van der Waals surface area contributed by atoms with Gasteiger partial charge in [0, 0.05) is 6.42 Å². The second kappa shape index (κ2) is 7.53. The van der Waals surface area contributed by atoms with Crippen molar-refractivity contribution in [3.8, 4) is 0 Å². The normalized spacial score (nSPS) is 22.1. The van der Waals surface area contributed by atoms with Crippen LogP contribution in [0.2, 0.25) is 0 Å². The molecule has 4 rings (SSSR count). The molecule has 2 aromatic carbocycles. The minimum atomic E-state index is -2.19. The second-order valence-electron chi connectivity index (χ2n) is 6.54. The number of benzene rings is 2. The standard InChI is InChI=1S/C21H19NO6/c23-17-11-13-26-21(17,22-18(24)12-14-27-22)20(25)28-19(15-7-3-1-4-8-15)16-9-5-2-6-10-16/h1-10,19H,11-14H2. The molecule has 0 spiro atoms. The number of hydrogen-bond donors (Lipinski definition) is 0. The van der Waals surface area contributed by atoms with Crippen LogP contribution in [0.1, 0.15) is 30.1 Å². The molecule has 28 heavy (non-hydrogen) atoms. The van der Waals surface area contributed by atoms with Crippen LogP contribution in [0.4, 0.5) is 0 Å². The topological polar surface area (TPSA) is 82.1 Å². The van der Waals surface area contributed by atoms with E-state index in [4.69, 9.17) is 14.3 Å². The van der Waals surface area contributed by atoms with Crippen LogP contribution in [0, 0.1) is 0 Å². The first-order valence-corrected chi connectivity index (χ1v) is 9.07. The number of carbonyl (C=O) groups is 3. The number of carbonyl (C=O) groups excluding carboxylic acids is 3. The minimum absolute atomic E-state index is 0.00355. The third-order valence-corrected chi connectivity index (χ3v) is 4.77. The molecule has 2 saturated heterocycles. The van der Waals surface area contributed by atoms with Crippen LogP contribution in [0.25, 0.3) is 0 Å². The molecule has 0 bridgehead atoms. The number of rotatable bonds is 5. The Hall–Kier alpha value is -3.03. The molecule has 0 radical (unpaired) electrons. The van der Waals surface area contributed by atoms with Gasteiger partial charge in [0.1, 0.15) is 0 Å². The maximum atomic E-state index is 13.2. The van der Waals surface area contributed by atoms with Crippen molar-refractivity contribution in [1.29, 1.82) is 0 Å². The lowest BCUT2D eigenvalue weighted by atomic mass is 10.0. The average molecular weight is 381 g/mol. The molecule has 0 saturated carbocycles. The summed E-state index contributed by atoms with van der Waals surface area (Å²) in [6, 6.07) is 18.3. The molecule has 0 aliphatic carbocycles. The number of nitrogens with zero attached hydrogens (tertiary/aromatic N) is 1. The zero-order valence-electron chi connectivity index (χ0n) is 15.1. The Labute approximate surface area is 161 Å². The molecule has 7 nitrogen and oxygen atoms in total. The number of hydrogen-bond acceptors (Lipinski definition) is 6. The number of Topliss-reactive ketones (excluding diaryl/α,β-unsaturated/α-hetero) is 1. The lowest BCUT2D eigenvalue weighted by Crippen LogP contribution is -2.59. The van der Waals surface area contributed by atoms with Gasteiger partial charge in [0.15, 0.2) is 6.10 Å². The Kier molecular flexibility index (Phi) is 4.93. The average Bonchev–Trinajstić information content (AvgIpc) is 3.33. The first-order valence-electron chi connectivity index (χ1n) is 9.07. The molecule has 144 valence electrons. The Morgan fingerprint density at radius 3 is 2.00 bits per heavy atom. The summed E-state index contributed by atoms with van der Waals surface area (Å²) in [5.41, 5.74) is -0.720. The van der Waals surface area contributed by atoms with E-state index in [2.05, 4.69) is 0 Å². The smallest absolute Gasteiger partial charge is 0.371 e. The Morgan fingerprint density at radius 1 is 0.929 bits per heavy atom. The van der Waals surface area contributed by atoms with E-state index in [1.807, 2.05) is 60.7 Å². The van der Waals surface area contributed by atoms with Gasteiger partial charge in [0.2, 0.25) is 5.78 Å². The van der Waals surface area contributed by atoms with Crippen LogP contribution >= 0.6 is 0 Å². The van der Waals surface area contributed by atoms with Gasteiger partial charge in [-0.2, -0.15) is 5.06 Å². The van der Waals surface area contributed by atoms with Crippen LogP contribution in [0.3, 0.4) is 0 Å². The Morgan fingerprint density at radius 2 is 1.54 bits per heavy atom. The predicted molar refractivity (Wildman–Crippen MR) is 96.5 cm³/mol. The van der Waals surface area contributed by atoms with E-state index >= 15 is 0 Å². The first-order chi connectivity index (χ1) is 13.6. The van der Waals surface area contributed by atoms with Crippen molar-refractivity contribution in [2.75, 3.05) is 13.2 Å². The fraction of sp³-hybridized carbons (Fsp3) is 0.286. The summed E-state index contributed by atoms with van der Waals surface area (Å²) in [6.07, 6.45) is -0.683. The highest BCUT2D eigenvalue weighted by atomic mass is 16.7. The molecule has 2 fully saturated rings. The molecule has 1 atom stereocenters. The molecular formula is C21H19NO6. The van der Waals surface area contributed by atoms with Crippen molar-refractivity contribution < 1.29 is 28.7 Å². The Bertz CT molecular complexity index is 845. The third kappa shape index (κ3) is 3.08. The highest BCUT2D eigenvalue weighted by Crippen LogP contribution is 2.35. The van der Waals surface area contributed by atoms with Crippen molar-refractivity contribution in [2.45, 2.75) is 24.7 Å². The SMILES string of the molecule is O=C1CCON1C1(C(=O)OC(c2ccccc2)c2ccccc2)OCCC1=O. The van der Waals surface area contributed by atoms with E-state index in [0.717, 1.165) is 16.2 Å². The van der Waals surface area contributed by atoms with Crippen LogP contribution in [0.15, 0.2) is 60.7 Å². The number of hydroxylamine groups is 2. The molecular weight excluding hydrogens is 362 g/mol. The number of esters is 1. The summed E-state index contributed by atoms with van der Waals surface area (Å²) in [4.78, 5) is 43.3. The monoisotopic (exact) mass is 381 g/mol. The van der Waals surface area contributed by atoms with Gasteiger partial charge in [0.05, 0.1) is 19.6 Å². The van der Waals surface area contributed by atoms with Crippen molar-refractivity contribution >= 4 is 17.7 Å². The van der Waals surface area contributed by atoms with Gasteiger partial charge in [-0.15, -0.1) is 0 Å². The van der Waals surface area contributed by atoms with E-state index < -0.39 is 29.5 Å². The summed E-state index contributed by atoms with van der Waals surface area (Å²) in [7, 11) is 0. The zero-order chi connectivity index (χ0) is 19.6. The second-order valence-corrected chi connectivity index (χ2v) is 6.54. The van der Waals surface area contributed by atoms with Crippen molar-refractivity contribution in [1.82, 2.24) is 5.06 Å². The van der Waals surface area contributed by atoms with Gasteiger partial charge in [-0.05, 0) is 11.1 Å². The maximum Gasteiger partial charge on any atom is 0.371 e. The molecule has 2 aliphatic heterocycles. The van der Waals surface area contributed by atoms with Crippen molar-refractivity contribution in [2.24, 2.45) is 0 Å². The van der Waals surface area contributed by atoms with Gasteiger partial charge < -0.3 is 9.47 Å². The highest BCUT2D eigenvalue weighted by Gasteiger charge is 2.61. The number of amides is 1. The summed E-state index contributed by atoms with van der Waals surface area (Å²) in [6.45, 7) is 0.105. The van der Waals surface area contributed by atoms with E-state index in [1.54, 1.807) is 0 Å². The summed E-state index contributed by atoms with van der Waals surface area (Å²) < 4.78 is 11.3. The number of ketones is 1. The molecule has 7 heteroatoms.